The van der Waals surface area contributed by atoms with E-state index in [-0.39, 0.29) is 5.91 Å². The number of fused-ring (bicyclic) bond motifs is 1. The van der Waals surface area contributed by atoms with Crippen molar-refractivity contribution in [1.82, 2.24) is 39.9 Å². The molecule has 0 bridgehead atoms. The number of benzene rings is 1. The molecule has 1 N–H and O–H groups in total. The Balaban J connectivity index is 1.33. The molecule has 0 saturated carbocycles. The fourth-order valence-corrected chi connectivity index (χ4v) is 3.85. The van der Waals surface area contributed by atoms with Crippen molar-refractivity contribution in [3.63, 3.8) is 0 Å². The molecule has 31 heavy (non-hydrogen) atoms. The summed E-state index contributed by atoms with van der Waals surface area (Å²) in [5, 5.41) is 24.6. The third kappa shape index (κ3) is 4.02. The molecule has 5 rings (SSSR count). The Bertz CT molecular complexity index is 1240. The van der Waals surface area contributed by atoms with Gasteiger partial charge in [-0.25, -0.2) is 0 Å². The smallest absolute Gasteiger partial charge is 0.260 e. The van der Waals surface area contributed by atoms with E-state index in [1.807, 2.05) is 48.4 Å². The summed E-state index contributed by atoms with van der Waals surface area (Å²) < 4.78 is 3.56. The number of carbonyl (C=O) groups is 1. The van der Waals surface area contributed by atoms with Crippen LogP contribution in [0.2, 0.25) is 0 Å². The largest absolute Gasteiger partial charge is 0.306 e. The van der Waals surface area contributed by atoms with Crippen molar-refractivity contribution >= 4 is 22.6 Å². The normalized spacial score (nSPS) is 15.4. The monoisotopic (exact) mass is 417 g/mol. The highest BCUT2D eigenvalue weighted by Crippen LogP contribution is 2.24. The maximum atomic E-state index is 12.7. The average molecular weight is 417 g/mol. The third-order valence-electron chi connectivity index (χ3n) is 5.65. The molecule has 1 amide bonds. The molecular formula is C21H23N9O. The van der Waals surface area contributed by atoms with Gasteiger partial charge in [0.15, 0.2) is 5.82 Å². The van der Waals surface area contributed by atoms with Crippen LogP contribution in [0.15, 0.2) is 42.9 Å². The molecule has 0 spiro atoms. The molecule has 1 saturated heterocycles. The minimum absolute atomic E-state index is 0.252. The SMILES string of the molecule is CN1CCC(n2cc(C(=O)Nc3cc4cc(-c5cn(C)nn5)ccc4nn3)cn2)CC1. The first-order valence-electron chi connectivity index (χ1n) is 10.2. The predicted octanol–water partition coefficient (Wildman–Crippen LogP) is 2.14. The molecule has 0 radical (unpaired) electrons. The van der Waals surface area contributed by atoms with Crippen molar-refractivity contribution in [3.8, 4) is 11.3 Å². The fourth-order valence-electron chi connectivity index (χ4n) is 3.85. The highest BCUT2D eigenvalue weighted by Gasteiger charge is 2.20. The molecule has 10 nitrogen and oxygen atoms in total. The molecule has 10 heteroatoms. The van der Waals surface area contributed by atoms with Gasteiger partial charge in [0.2, 0.25) is 0 Å². The van der Waals surface area contributed by atoms with Crippen LogP contribution in [0, 0.1) is 0 Å². The van der Waals surface area contributed by atoms with Gasteiger partial charge in [0.25, 0.3) is 5.91 Å². The molecule has 1 aliphatic heterocycles. The second-order valence-electron chi connectivity index (χ2n) is 7.98. The standard InChI is InChI=1S/C21H23N9O/c1-28-7-5-17(6-8-28)30-12-16(11-22-30)21(31)23-20-10-15-9-14(3-4-18(15)24-26-20)19-13-29(2)27-25-19/h3-4,9-13,17H,5-8H2,1-2H3,(H,23,26,31). The summed E-state index contributed by atoms with van der Waals surface area (Å²) in [4.78, 5) is 15.0. The molecule has 4 heterocycles. The summed E-state index contributed by atoms with van der Waals surface area (Å²) in [6.45, 7) is 2.07. The number of carbonyl (C=O) groups excluding carboxylic acids is 1. The maximum Gasteiger partial charge on any atom is 0.260 e. The van der Waals surface area contributed by atoms with Crippen LogP contribution in [0.3, 0.4) is 0 Å². The van der Waals surface area contributed by atoms with Crippen molar-refractivity contribution in [2.75, 3.05) is 25.5 Å². The van der Waals surface area contributed by atoms with Gasteiger partial charge in [-0.05, 0) is 51.2 Å². The van der Waals surface area contributed by atoms with Gasteiger partial charge in [-0.2, -0.15) is 5.10 Å². The van der Waals surface area contributed by atoms with E-state index in [4.69, 9.17) is 0 Å². The molecule has 3 aromatic heterocycles. The Kier molecular flexibility index (Phi) is 4.91. The number of nitrogens with zero attached hydrogens (tertiary/aromatic N) is 8. The molecule has 1 aliphatic rings. The third-order valence-corrected chi connectivity index (χ3v) is 5.65. The summed E-state index contributed by atoms with van der Waals surface area (Å²) in [5.41, 5.74) is 2.94. The number of hydrogen-bond donors (Lipinski definition) is 1. The number of anilines is 1. The van der Waals surface area contributed by atoms with E-state index in [1.165, 1.54) is 0 Å². The van der Waals surface area contributed by atoms with Crippen LogP contribution in [0.1, 0.15) is 29.2 Å². The molecule has 1 aromatic carbocycles. The Morgan fingerprint density at radius 3 is 2.68 bits per heavy atom. The van der Waals surface area contributed by atoms with Crippen LogP contribution < -0.4 is 5.32 Å². The summed E-state index contributed by atoms with van der Waals surface area (Å²) in [7, 11) is 3.95. The number of hydrogen-bond acceptors (Lipinski definition) is 7. The van der Waals surface area contributed by atoms with Gasteiger partial charge in [0, 0.05) is 24.2 Å². The van der Waals surface area contributed by atoms with Crippen LogP contribution >= 0.6 is 0 Å². The second kappa shape index (κ2) is 7.88. The van der Waals surface area contributed by atoms with Crippen molar-refractivity contribution in [2.24, 2.45) is 7.05 Å². The van der Waals surface area contributed by atoms with Gasteiger partial charge in [0.05, 0.1) is 29.5 Å². The summed E-state index contributed by atoms with van der Waals surface area (Å²) >= 11 is 0. The Labute approximate surface area is 178 Å². The highest BCUT2D eigenvalue weighted by molar-refractivity contribution is 6.04. The van der Waals surface area contributed by atoms with Crippen LogP contribution in [-0.4, -0.2) is 65.9 Å². The summed E-state index contributed by atoms with van der Waals surface area (Å²) in [6.07, 6.45) is 7.33. The summed E-state index contributed by atoms with van der Waals surface area (Å²) in [5.74, 6) is 0.138. The van der Waals surface area contributed by atoms with E-state index in [0.29, 0.717) is 17.4 Å². The number of likely N-dealkylation sites (tertiary alicyclic amines) is 1. The molecular weight excluding hydrogens is 394 g/mol. The topological polar surface area (TPSA) is 107 Å². The van der Waals surface area contributed by atoms with Crippen LogP contribution in [0.25, 0.3) is 22.2 Å². The van der Waals surface area contributed by atoms with E-state index >= 15 is 0 Å². The molecule has 0 aliphatic carbocycles. The van der Waals surface area contributed by atoms with Gasteiger partial charge in [-0.3, -0.25) is 14.2 Å². The number of nitrogens with one attached hydrogen (secondary N) is 1. The lowest BCUT2D eigenvalue weighted by Crippen LogP contribution is -2.31. The number of aryl methyl sites for hydroxylation is 1. The minimum Gasteiger partial charge on any atom is -0.306 e. The van der Waals surface area contributed by atoms with Crippen LogP contribution in [0.5, 0.6) is 0 Å². The maximum absolute atomic E-state index is 12.7. The Morgan fingerprint density at radius 1 is 1.06 bits per heavy atom. The van der Waals surface area contributed by atoms with Crippen molar-refractivity contribution < 1.29 is 4.79 Å². The zero-order valence-electron chi connectivity index (χ0n) is 17.4. The van der Waals surface area contributed by atoms with E-state index in [0.717, 1.165) is 48.1 Å². The van der Waals surface area contributed by atoms with Crippen molar-refractivity contribution in [3.05, 3.63) is 48.4 Å². The van der Waals surface area contributed by atoms with E-state index in [1.54, 1.807) is 10.9 Å². The zero-order chi connectivity index (χ0) is 21.4. The fraction of sp³-hybridized carbons (Fsp3) is 0.333. The molecule has 158 valence electrons. The van der Waals surface area contributed by atoms with E-state index in [2.05, 4.69) is 42.9 Å². The van der Waals surface area contributed by atoms with Gasteiger partial charge in [-0.1, -0.05) is 11.3 Å². The van der Waals surface area contributed by atoms with Gasteiger partial charge in [-0.15, -0.1) is 15.3 Å². The number of amides is 1. The molecule has 0 unspecified atom stereocenters. The van der Waals surface area contributed by atoms with Gasteiger partial charge < -0.3 is 10.2 Å². The lowest BCUT2D eigenvalue weighted by Gasteiger charge is -2.28. The Hall–Kier alpha value is -3.66. The summed E-state index contributed by atoms with van der Waals surface area (Å²) in [6, 6.07) is 7.90. The van der Waals surface area contributed by atoms with Crippen molar-refractivity contribution in [2.45, 2.75) is 18.9 Å². The molecule has 1 fully saturated rings. The van der Waals surface area contributed by atoms with Crippen molar-refractivity contribution in [1.29, 1.82) is 0 Å². The van der Waals surface area contributed by atoms with Crippen LogP contribution in [-0.2, 0) is 7.05 Å². The first-order chi connectivity index (χ1) is 15.0. The number of aromatic nitrogens is 7. The molecule has 0 atom stereocenters. The zero-order valence-corrected chi connectivity index (χ0v) is 17.4. The lowest BCUT2D eigenvalue weighted by atomic mass is 10.1. The first kappa shape index (κ1) is 19.3. The average Bonchev–Trinajstić information content (AvgIpc) is 3.43. The number of rotatable bonds is 4. The number of piperidine rings is 1. The second-order valence-corrected chi connectivity index (χ2v) is 7.98. The first-order valence-corrected chi connectivity index (χ1v) is 10.2. The minimum atomic E-state index is -0.252. The van der Waals surface area contributed by atoms with Gasteiger partial charge in [0.1, 0.15) is 5.69 Å². The van der Waals surface area contributed by atoms with Gasteiger partial charge >= 0.3 is 0 Å². The lowest BCUT2D eigenvalue weighted by molar-refractivity contribution is 0.102. The van der Waals surface area contributed by atoms with E-state index in [9.17, 15) is 4.79 Å². The predicted molar refractivity (Wildman–Crippen MR) is 115 cm³/mol. The highest BCUT2D eigenvalue weighted by atomic mass is 16.1. The quantitative estimate of drug-likeness (QED) is 0.542. The van der Waals surface area contributed by atoms with Crippen LogP contribution in [0.4, 0.5) is 5.82 Å². The molecule has 4 aromatic rings. The Morgan fingerprint density at radius 2 is 1.90 bits per heavy atom. The van der Waals surface area contributed by atoms with E-state index < -0.39 is 0 Å².